The number of cyclic esters (lactones) is 1. The maximum atomic E-state index is 11.6. The third-order valence-corrected chi connectivity index (χ3v) is 4.51. The molecule has 0 aliphatic carbocycles. The van der Waals surface area contributed by atoms with Crippen LogP contribution in [0.4, 0.5) is 4.79 Å². The van der Waals surface area contributed by atoms with E-state index in [-0.39, 0.29) is 25.6 Å². The van der Waals surface area contributed by atoms with E-state index in [0.717, 1.165) is 25.9 Å². The Hall–Kier alpha value is -1.81. The van der Waals surface area contributed by atoms with Crippen LogP contribution in [0.2, 0.25) is 0 Å². The molecule has 1 saturated heterocycles. The molecule has 1 amide bonds. The zero-order valence-electron chi connectivity index (χ0n) is 13.5. The average Bonchev–Trinajstić information content (AvgIpc) is 3.15. The van der Waals surface area contributed by atoms with E-state index in [2.05, 4.69) is 24.3 Å². The van der Waals surface area contributed by atoms with E-state index in [9.17, 15) is 4.79 Å². The average molecular weight is 331 g/mol. The van der Waals surface area contributed by atoms with Crippen LogP contribution in [0, 0.1) is 0 Å². The molecule has 0 saturated carbocycles. The molecule has 0 aromatic heterocycles. The van der Waals surface area contributed by atoms with Crippen molar-refractivity contribution in [1.29, 1.82) is 0 Å². The van der Waals surface area contributed by atoms with Gasteiger partial charge in [-0.2, -0.15) is 0 Å². The lowest BCUT2D eigenvalue weighted by molar-refractivity contribution is 0.116. The molecule has 2 atom stereocenters. The van der Waals surface area contributed by atoms with Crippen molar-refractivity contribution in [2.24, 2.45) is 0 Å². The summed E-state index contributed by atoms with van der Waals surface area (Å²) in [5, 5.41) is 0. The minimum atomic E-state index is -0.153. The van der Waals surface area contributed by atoms with E-state index in [1.807, 2.05) is 23.1 Å². The Labute approximate surface area is 145 Å². The Balaban J connectivity index is 0.00000208. The highest BCUT2D eigenvalue weighted by atomic mass is 16.6. The van der Waals surface area contributed by atoms with Gasteiger partial charge in [-0.3, -0.25) is 4.90 Å². The Morgan fingerprint density at radius 2 is 1.88 bits per heavy atom. The molecule has 4 heteroatoms. The fourth-order valence-electron chi connectivity index (χ4n) is 3.24. The number of hydrogen-bond acceptors (Lipinski definition) is 3. The maximum Gasteiger partial charge on any atom is 0.410 e. The van der Waals surface area contributed by atoms with Gasteiger partial charge in [0.25, 0.3) is 0 Å². The van der Waals surface area contributed by atoms with Crippen molar-refractivity contribution >= 4 is 6.09 Å². The number of carbonyl (C=O) groups is 1. The van der Waals surface area contributed by atoms with Crippen LogP contribution < -0.4 is 0 Å². The monoisotopic (exact) mass is 331 g/mol. The van der Waals surface area contributed by atoms with Crippen LogP contribution in [-0.2, 0) is 16.1 Å². The van der Waals surface area contributed by atoms with Crippen LogP contribution in [0.1, 0.15) is 45.1 Å². The van der Waals surface area contributed by atoms with Crippen molar-refractivity contribution < 1.29 is 14.3 Å². The van der Waals surface area contributed by atoms with Crippen molar-refractivity contribution in [1.82, 2.24) is 4.90 Å². The summed E-state index contributed by atoms with van der Waals surface area (Å²) in [4.78, 5) is 13.5. The summed E-state index contributed by atoms with van der Waals surface area (Å²) in [5.41, 5.74) is 1.23. The Bertz CT molecular complexity index is 529. The van der Waals surface area contributed by atoms with Gasteiger partial charge < -0.3 is 9.47 Å². The summed E-state index contributed by atoms with van der Waals surface area (Å²) < 4.78 is 10.8. The molecular formula is C20H29NO3. The Morgan fingerprint density at radius 3 is 2.71 bits per heavy atom. The normalized spacial score (nSPS) is 21.5. The molecule has 3 rings (SSSR count). The summed E-state index contributed by atoms with van der Waals surface area (Å²) in [6, 6.07) is 10.7. The second-order valence-corrected chi connectivity index (χ2v) is 6.24. The van der Waals surface area contributed by atoms with Gasteiger partial charge >= 0.3 is 6.09 Å². The topological polar surface area (TPSA) is 38.8 Å². The Morgan fingerprint density at radius 1 is 1.08 bits per heavy atom. The zero-order chi connectivity index (χ0) is 15.9. The standard InChI is InChI=1S/C19H25NO3.CH4/c21-19-20-17(11-12-18(20)15-23-19)10-6-1-2-7-13-22-14-16-8-4-3-5-9-16;/h3-5,8-9,11-12,17-18H,1-2,6-7,10,13-15H2;1H4/t17-,18+;/m0./s1. The second kappa shape index (κ2) is 9.48. The molecule has 132 valence electrons. The lowest BCUT2D eigenvalue weighted by Crippen LogP contribution is -2.35. The minimum Gasteiger partial charge on any atom is -0.447 e. The molecule has 0 bridgehead atoms. The highest BCUT2D eigenvalue weighted by molar-refractivity contribution is 5.72. The molecule has 1 aromatic rings. The SMILES string of the molecule is C.O=C1OC[C@H]2C=C[C@H](CCCCCCOCc3ccccc3)N12. The number of ether oxygens (including phenoxy) is 2. The smallest absolute Gasteiger partial charge is 0.410 e. The first-order valence-corrected chi connectivity index (χ1v) is 8.60. The molecular weight excluding hydrogens is 302 g/mol. The van der Waals surface area contributed by atoms with Crippen LogP contribution in [0.15, 0.2) is 42.5 Å². The van der Waals surface area contributed by atoms with E-state index in [0.29, 0.717) is 13.2 Å². The van der Waals surface area contributed by atoms with Gasteiger partial charge in [0.15, 0.2) is 0 Å². The molecule has 2 heterocycles. The largest absolute Gasteiger partial charge is 0.447 e. The van der Waals surface area contributed by atoms with Crippen LogP contribution >= 0.6 is 0 Å². The molecule has 0 radical (unpaired) electrons. The van der Waals surface area contributed by atoms with Crippen LogP contribution in [0.3, 0.4) is 0 Å². The highest BCUT2D eigenvalue weighted by Gasteiger charge is 2.38. The Kier molecular flexibility index (Phi) is 7.32. The first-order valence-electron chi connectivity index (χ1n) is 8.60. The fourth-order valence-corrected chi connectivity index (χ4v) is 3.24. The van der Waals surface area contributed by atoms with Crippen molar-refractivity contribution in [3.05, 3.63) is 48.0 Å². The van der Waals surface area contributed by atoms with Crippen molar-refractivity contribution in [2.75, 3.05) is 13.2 Å². The number of rotatable bonds is 9. The quantitative estimate of drug-likeness (QED) is 0.492. The van der Waals surface area contributed by atoms with Gasteiger partial charge in [0.05, 0.1) is 18.7 Å². The number of benzene rings is 1. The molecule has 0 N–H and O–H groups in total. The lowest BCUT2D eigenvalue weighted by atomic mass is 10.1. The summed E-state index contributed by atoms with van der Waals surface area (Å²) in [6.45, 7) is 2.04. The molecule has 0 unspecified atom stereocenters. The fraction of sp³-hybridized carbons (Fsp3) is 0.550. The van der Waals surface area contributed by atoms with E-state index in [4.69, 9.17) is 9.47 Å². The minimum absolute atomic E-state index is 0. The van der Waals surface area contributed by atoms with Gasteiger partial charge in [-0.15, -0.1) is 0 Å². The summed E-state index contributed by atoms with van der Waals surface area (Å²) >= 11 is 0. The number of nitrogens with zero attached hydrogens (tertiary/aromatic N) is 1. The first-order chi connectivity index (χ1) is 11.3. The number of amides is 1. The van der Waals surface area contributed by atoms with Gasteiger partial charge in [0, 0.05) is 6.61 Å². The summed E-state index contributed by atoms with van der Waals surface area (Å²) in [6.07, 6.45) is 9.75. The molecule has 4 nitrogen and oxygen atoms in total. The molecule has 24 heavy (non-hydrogen) atoms. The molecule has 2 aliphatic rings. The van der Waals surface area contributed by atoms with Gasteiger partial charge in [0.2, 0.25) is 0 Å². The zero-order valence-corrected chi connectivity index (χ0v) is 13.5. The number of unbranched alkanes of at least 4 members (excludes halogenated alkanes) is 3. The third kappa shape index (κ3) is 4.84. The molecule has 2 aliphatic heterocycles. The lowest BCUT2D eigenvalue weighted by Gasteiger charge is -2.21. The van der Waals surface area contributed by atoms with Crippen LogP contribution in [-0.4, -0.2) is 36.3 Å². The number of carbonyl (C=O) groups excluding carboxylic acids is 1. The van der Waals surface area contributed by atoms with E-state index in [1.54, 1.807) is 0 Å². The van der Waals surface area contributed by atoms with E-state index >= 15 is 0 Å². The van der Waals surface area contributed by atoms with Crippen molar-refractivity contribution in [2.45, 2.75) is 58.2 Å². The van der Waals surface area contributed by atoms with Gasteiger partial charge in [-0.05, 0) is 18.4 Å². The second-order valence-electron chi connectivity index (χ2n) is 6.24. The molecule has 0 spiro atoms. The predicted molar refractivity (Wildman–Crippen MR) is 95.8 cm³/mol. The predicted octanol–water partition coefficient (Wildman–Crippen LogP) is 4.55. The van der Waals surface area contributed by atoms with Gasteiger partial charge in [-0.1, -0.05) is 69.2 Å². The van der Waals surface area contributed by atoms with Gasteiger partial charge in [-0.25, -0.2) is 4.79 Å². The highest BCUT2D eigenvalue weighted by Crippen LogP contribution is 2.27. The van der Waals surface area contributed by atoms with Crippen LogP contribution in [0.5, 0.6) is 0 Å². The van der Waals surface area contributed by atoms with Crippen molar-refractivity contribution in [3.63, 3.8) is 0 Å². The first kappa shape index (κ1) is 18.5. The van der Waals surface area contributed by atoms with Crippen molar-refractivity contribution in [3.8, 4) is 0 Å². The maximum absolute atomic E-state index is 11.6. The molecule has 1 fully saturated rings. The van der Waals surface area contributed by atoms with Crippen LogP contribution in [0.25, 0.3) is 0 Å². The summed E-state index contributed by atoms with van der Waals surface area (Å²) in [7, 11) is 0. The molecule has 1 aromatic carbocycles. The van der Waals surface area contributed by atoms with Gasteiger partial charge in [0.1, 0.15) is 6.61 Å². The number of fused-ring (bicyclic) bond motifs is 1. The van der Waals surface area contributed by atoms with E-state index in [1.165, 1.54) is 18.4 Å². The number of hydrogen-bond donors (Lipinski definition) is 0. The summed E-state index contributed by atoms with van der Waals surface area (Å²) in [5.74, 6) is 0. The van der Waals surface area contributed by atoms with E-state index < -0.39 is 0 Å². The third-order valence-electron chi connectivity index (χ3n) is 4.51.